The van der Waals surface area contributed by atoms with Crippen LogP contribution in [0.4, 0.5) is 16.3 Å². The van der Waals surface area contributed by atoms with Gasteiger partial charge in [0.15, 0.2) is 0 Å². The van der Waals surface area contributed by atoms with Crippen LogP contribution in [0.15, 0.2) is 12.1 Å². The number of carbonyl (C=O) groups is 1. The van der Waals surface area contributed by atoms with Crippen LogP contribution in [0.1, 0.15) is 27.7 Å². The molecule has 0 aliphatic heterocycles. The summed E-state index contributed by atoms with van der Waals surface area (Å²) in [6.07, 6.45) is -0.961. The molecule has 0 aliphatic carbocycles. The van der Waals surface area contributed by atoms with E-state index in [0.29, 0.717) is 11.0 Å². The monoisotopic (exact) mass is 371 g/mol. The van der Waals surface area contributed by atoms with E-state index in [0.717, 1.165) is 0 Å². The van der Waals surface area contributed by atoms with Crippen LogP contribution in [0.5, 0.6) is 0 Å². The van der Waals surface area contributed by atoms with Gasteiger partial charge in [-0.05, 0) is 0 Å². The van der Waals surface area contributed by atoms with Gasteiger partial charge in [0.05, 0.1) is 0 Å². The average Bonchev–Trinajstić information content (AvgIpc) is 2.33. The number of hydrogen-bond donors (Lipinski definition) is 2. The molecule has 0 aromatic carbocycles. The number of nitrogen functional groups attached to an aromatic ring is 1. The number of anilines is 1. The molecule has 1 atom stereocenters. The normalized spacial score (nSPS) is 13.3. The van der Waals surface area contributed by atoms with E-state index in [1.807, 2.05) is 27.7 Å². The van der Waals surface area contributed by atoms with Crippen molar-refractivity contribution >= 4 is 37.8 Å². The first-order valence-electron chi connectivity index (χ1n) is 6.64. The molecule has 1 amide bonds. The first-order chi connectivity index (χ1) is 10.0. The van der Waals surface area contributed by atoms with E-state index in [9.17, 15) is 20.0 Å². The number of nitrogens with two attached hydrogens (primary N) is 1. The van der Waals surface area contributed by atoms with Crippen molar-refractivity contribution in [2.24, 2.45) is 0 Å². The Labute approximate surface area is 135 Å². The van der Waals surface area contributed by atoms with Gasteiger partial charge in [-0.2, -0.15) is 0 Å². The molecule has 22 heavy (non-hydrogen) atoms. The van der Waals surface area contributed by atoms with Gasteiger partial charge in [-0.25, -0.2) is 0 Å². The van der Waals surface area contributed by atoms with Gasteiger partial charge in [0, 0.05) is 0 Å². The average molecular weight is 371 g/mol. The molecule has 0 bridgehead atoms. The fourth-order valence-electron chi connectivity index (χ4n) is 1.85. The van der Waals surface area contributed by atoms with Crippen molar-refractivity contribution in [3.8, 4) is 0 Å². The molecular weight excluding hydrogens is 351 g/mol. The van der Waals surface area contributed by atoms with Crippen molar-refractivity contribution in [1.82, 2.24) is 9.88 Å². The third kappa shape index (κ3) is 4.87. The standard InChI is InChI=1S/C13H20AsN4O4/c1-8(7-17(12(19)20)13(2,3)4)14-10-6-5-9(18(21)22)11(15)16-10/h5-6,8H,7H2,1-4H3,(H2,15,16)(H,19,20). The molecule has 1 aromatic heterocycles. The molecule has 1 unspecified atom stereocenters. The molecule has 0 fully saturated rings. The van der Waals surface area contributed by atoms with Crippen molar-refractivity contribution in [3.63, 3.8) is 0 Å². The van der Waals surface area contributed by atoms with Crippen LogP contribution in [-0.2, 0) is 0 Å². The Hall–Kier alpha value is -1.82. The Morgan fingerprint density at radius 2 is 2.14 bits per heavy atom. The van der Waals surface area contributed by atoms with Crippen LogP contribution in [0, 0.1) is 10.1 Å². The molecule has 0 aliphatic rings. The number of nitro groups is 1. The number of aromatic nitrogens is 1. The first kappa shape index (κ1) is 18.2. The van der Waals surface area contributed by atoms with Gasteiger partial charge in [-0.3, -0.25) is 0 Å². The first-order valence-corrected chi connectivity index (χ1v) is 8.67. The molecule has 0 saturated carbocycles. The number of carboxylic acid groups (broad SMARTS) is 1. The van der Waals surface area contributed by atoms with Crippen molar-refractivity contribution in [3.05, 3.63) is 22.2 Å². The second kappa shape index (κ2) is 6.96. The molecule has 8 nitrogen and oxygen atoms in total. The van der Waals surface area contributed by atoms with Gasteiger partial charge in [0.2, 0.25) is 0 Å². The number of pyridine rings is 1. The Bertz CT molecular complexity index is 574. The van der Waals surface area contributed by atoms with E-state index in [1.165, 1.54) is 11.0 Å². The van der Waals surface area contributed by atoms with E-state index in [-0.39, 0.29) is 16.2 Å². The van der Waals surface area contributed by atoms with Gasteiger partial charge < -0.3 is 0 Å². The van der Waals surface area contributed by atoms with Crippen LogP contribution in [0.2, 0.25) is 4.71 Å². The van der Waals surface area contributed by atoms with Gasteiger partial charge in [0.1, 0.15) is 0 Å². The number of rotatable bonds is 5. The van der Waals surface area contributed by atoms with Gasteiger partial charge >= 0.3 is 135 Å². The van der Waals surface area contributed by atoms with Gasteiger partial charge in [-0.15, -0.1) is 0 Å². The van der Waals surface area contributed by atoms with Crippen LogP contribution >= 0.6 is 0 Å². The second-order valence-electron chi connectivity index (χ2n) is 5.87. The molecule has 1 rings (SSSR count). The predicted octanol–water partition coefficient (Wildman–Crippen LogP) is 1.49. The van der Waals surface area contributed by atoms with Crippen LogP contribution in [0.25, 0.3) is 0 Å². The maximum absolute atomic E-state index is 11.3. The quantitative estimate of drug-likeness (QED) is 0.459. The van der Waals surface area contributed by atoms with Crippen molar-refractivity contribution in [2.45, 2.75) is 37.9 Å². The number of hydrogen-bond acceptors (Lipinski definition) is 5. The molecular formula is C13H20AsN4O4. The predicted molar refractivity (Wildman–Crippen MR) is 84.6 cm³/mol. The summed E-state index contributed by atoms with van der Waals surface area (Å²) in [6.45, 7) is 7.85. The molecule has 1 heterocycles. The summed E-state index contributed by atoms with van der Waals surface area (Å²) in [6, 6.07) is 2.94. The Balaban J connectivity index is 2.80. The maximum atomic E-state index is 11.3. The summed E-state index contributed by atoms with van der Waals surface area (Å²) in [4.78, 5) is 26.9. The third-order valence-electron chi connectivity index (χ3n) is 2.92. The molecule has 1 radical (unpaired) electrons. The van der Waals surface area contributed by atoms with E-state index in [1.54, 1.807) is 6.07 Å². The molecule has 9 heteroatoms. The Morgan fingerprint density at radius 3 is 2.55 bits per heavy atom. The van der Waals surface area contributed by atoms with E-state index in [2.05, 4.69) is 4.98 Å². The minimum absolute atomic E-state index is 0.0972. The summed E-state index contributed by atoms with van der Waals surface area (Å²) < 4.78 is 0.797. The Morgan fingerprint density at radius 1 is 1.55 bits per heavy atom. The molecule has 0 spiro atoms. The fraction of sp³-hybridized carbons (Fsp3) is 0.538. The van der Waals surface area contributed by atoms with Crippen molar-refractivity contribution < 1.29 is 14.8 Å². The minimum atomic E-state index is -0.961. The number of nitrogens with zero attached hydrogens (tertiary/aromatic N) is 3. The Kier molecular flexibility index (Phi) is 5.77. The molecule has 1 aromatic rings. The second-order valence-corrected chi connectivity index (χ2v) is 9.23. The zero-order valence-electron chi connectivity index (χ0n) is 13.0. The van der Waals surface area contributed by atoms with E-state index in [4.69, 9.17) is 5.73 Å². The summed E-state index contributed by atoms with van der Waals surface area (Å²) in [5.74, 6) is -0.101. The summed E-state index contributed by atoms with van der Waals surface area (Å²) >= 11 is -0.449. The molecule has 3 N–H and O–H groups in total. The van der Waals surface area contributed by atoms with Crippen molar-refractivity contribution in [2.75, 3.05) is 12.3 Å². The van der Waals surface area contributed by atoms with Crippen LogP contribution in [0.3, 0.4) is 0 Å². The summed E-state index contributed by atoms with van der Waals surface area (Å²) in [7, 11) is 0. The van der Waals surface area contributed by atoms with Crippen LogP contribution in [-0.4, -0.2) is 53.8 Å². The van der Waals surface area contributed by atoms with E-state index >= 15 is 0 Å². The zero-order valence-corrected chi connectivity index (χ0v) is 14.9. The van der Waals surface area contributed by atoms with Gasteiger partial charge in [0.25, 0.3) is 0 Å². The topological polar surface area (TPSA) is 123 Å². The van der Waals surface area contributed by atoms with Crippen molar-refractivity contribution in [1.29, 1.82) is 0 Å². The summed E-state index contributed by atoms with van der Waals surface area (Å²) in [5.41, 5.74) is 4.88. The SMILES string of the molecule is CC(CN(C(=O)O)C(C)(C)C)[As]c1ccc([N+](=O)[O-])c(N)n1. The van der Waals surface area contributed by atoms with Gasteiger partial charge in [-0.1, -0.05) is 0 Å². The molecule has 0 saturated heterocycles. The summed E-state index contributed by atoms with van der Waals surface area (Å²) in [5, 5.41) is 20.0. The molecule has 121 valence electrons. The van der Waals surface area contributed by atoms with E-state index < -0.39 is 32.3 Å². The third-order valence-corrected chi connectivity index (χ3v) is 5.27. The fourth-order valence-corrected chi connectivity index (χ4v) is 4.00. The number of amides is 1. The zero-order chi connectivity index (χ0) is 17.1. The van der Waals surface area contributed by atoms with Crippen LogP contribution < -0.4 is 10.2 Å².